The van der Waals surface area contributed by atoms with E-state index in [1.807, 2.05) is 5.82 Å². The van der Waals surface area contributed by atoms with Gasteiger partial charge in [-0.25, -0.2) is 0 Å². The van der Waals surface area contributed by atoms with Crippen molar-refractivity contribution in [1.29, 1.82) is 0 Å². The van der Waals surface area contributed by atoms with E-state index in [9.17, 15) is 0 Å². The molecule has 0 rings (SSSR count). The van der Waals surface area contributed by atoms with Gasteiger partial charge in [0.05, 0.1) is 0 Å². The lowest BCUT2D eigenvalue weighted by atomic mass is 10.0. The number of allylic oxidation sites excluding steroid dienone is 1. The Morgan fingerprint density at radius 1 is 0.440 bits per heavy atom. The van der Waals surface area contributed by atoms with E-state index >= 15 is 0 Å². The molecule has 0 N–H and O–H groups in total. The summed E-state index contributed by atoms with van der Waals surface area (Å²) in [5.74, 6) is 1.87. The van der Waals surface area contributed by atoms with Crippen LogP contribution >= 0.6 is 9.24 Å². The van der Waals surface area contributed by atoms with Crippen LogP contribution in [-0.4, -0.2) is 0 Å². The van der Waals surface area contributed by atoms with Gasteiger partial charge in [0.15, 0.2) is 0 Å². The summed E-state index contributed by atoms with van der Waals surface area (Å²) in [6, 6.07) is 0. The molecular weight excluding hydrogens is 319 g/mol. The molecule has 0 unspecified atom stereocenters. The molecule has 0 aromatic rings. The Morgan fingerprint density at radius 3 is 1.00 bits per heavy atom. The van der Waals surface area contributed by atoms with E-state index in [4.69, 9.17) is 0 Å². The zero-order valence-corrected chi connectivity index (χ0v) is 18.3. The van der Waals surface area contributed by atoms with E-state index in [0.717, 1.165) is 0 Å². The molecule has 148 valence electrons. The Balaban J connectivity index is 2.96. The normalized spacial score (nSPS) is 11.6. The molecule has 0 aromatic heterocycles. The minimum atomic E-state index is 1.21. The van der Waals surface area contributed by atoms with Crippen LogP contribution in [0.4, 0.5) is 0 Å². The Bertz CT molecular complexity index is 246. The largest absolute Gasteiger partial charge is 0.0834 e. The number of hydrogen-bond acceptors (Lipinski definition) is 0. The third-order valence-corrected chi connectivity index (χ3v) is 5.54. The van der Waals surface area contributed by atoms with Crippen LogP contribution in [0.2, 0.25) is 0 Å². The molecule has 1 heteroatoms. The summed E-state index contributed by atoms with van der Waals surface area (Å²) in [6.07, 6.45) is 32.5. The summed E-state index contributed by atoms with van der Waals surface area (Å²) in [5.41, 5.74) is 0. The van der Waals surface area contributed by atoms with E-state index in [1.54, 1.807) is 0 Å². The lowest BCUT2D eigenvalue weighted by Gasteiger charge is -2.04. The fourth-order valence-electron chi connectivity index (χ4n) is 3.59. The highest BCUT2D eigenvalue weighted by Gasteiger charge is 1.95. The van der Waals surface area contributed by atoms with E-state index in [0.29, 0.717) is 0 Å². The van der Waals surface area contributed by atoms with Gasteiger partial charge < -0.3 is 0 Å². The van der Waals surface area contributed by atoms with Gasteiger partial charge in [-0.2, -0.15) is 0 Å². The Hall–Kier alpha value is 0.170. The molecular formula is C24H47P. The molecule has 0 heterocycles. The van der Waals surface area contributed by atoms with E-state index in [1.165, 1.54) is 135 Å². The van der Waals surface area contributed by atoms with E-state index in [2.05, 4.69) is 22.2 Å². The number of rotatable bonds is 21. The summed E-state index contributed by atoms with van der Waals surface area (Å²) < 4.78 is 0. The lowest BCUT2D eigenvalue weighted by Crippen LogP contribution is -1.84. The van der Waals surface area contributed by atoms with Gasteiger partial charge in [0.2, 0.25) is 0 Å². The lowest BCUT2D eigenvalue weighted by molar-refractivity contribution is 0.522. The van der Waals surface area contributed by atoms with Gasteiger partial charge in [-0.05, 0) is 22.1 Å². The molecule has 25 heavy (non-hydrogen) atoms. The maximum absolute atomic E-state index is 4.08. The third kappa shape index (κ3) is 24.2. The number of unbranched alkanes of at least 4 members (excludes halogenated alkanes) is 20. The van der Waals surface area contributed by atoms with Crippen molar-refractivity contribution in [3.05, 3.63) is 11.9 Å². The zero-order valence-electron chi connectivity index (χ0n) is 17.5. The highest BCUT2D eigenvalue weighted by molar-refractivity contribution is 7.20. The molecule has 0 spiro atoms. The Labute approximate surface area is 163 Å². The van der Waals surface area contributed by atoms with E-state index in [-0.39, 0.29) is 0 Å². The minimum Gasteiger partial charge on any atom is -0.0834 e. The summed E-state index contributed by atoms with van der Waals surface area (Å²) in [5, 5.41) is 0. The molecule has 2 radical (unpaired) electrons. The topological polar surface area (TPSA) is 0 Å². The van der Waals surface area contributed by atoms with Crippen molar-refractivity contribution >= 4 is 9.24 Å². The van der Waals surface area contributed by atoms with Gasteiger partial charge >= 0.3 is 0 Å². The van der Waals surface area contributed by atoms with Crippen LogP contribution in [0.1, 0.15) is 142 Å². The van der Waals surface area contributed by atoms with Crippen molar-refractivity contribution in [2.45, 2.75) is 142 Å². The molecule has 0 saturated heterocycles. The molecule has 0 aliphatic carbocycles. The summed E-state index contributed by atoms with van der Waals surface area (Å²) in [6.45, 7) is 2.30. The maximum Gasteiger partial charge on any atom is -0.0146 e. The standard InChI is InChI=1S/C24H47P/c1-2-3-4-5-6-7-8-9-10-11-12-13-14-15-16-17-18-19-20-21-22-23-24-25/h23-24H,2-22H2,1H3/b24-23+. The Kier molecular flexibility index (Phi) is 24.3. The van der Waals surface area contributed by atoms with Crippen LogP contribution in [0, 0.1) is 0 Å². The molecule has 0 amide bonds. The first-order valence-corrected chi connectivity index (χ1v) is 12.2. The third-order valence-electron chi connectivity index (χ3n) is 5.33. The van der Waals surface area contributed by atoms with Crippen molar-refractivity contribution in [1.82, 2.24) is 0 Å². The van der Waals surface area contributed by atoms with Crippen molar-refractivity contribution in [2.24, 2.45) is 0 Å². The monoisotopic (exact) mass is 366 g/mol. The van der Waals surface area contributed by atoms with Crippen LogP contribution in [-0.2, 0) is 0 Å². The average molecular weight is 367 g/mol. The smallest absolute Gasteiger partial charge is 0.0146 e. The van der Waals surface area contributed by atoms with Crippen molar-refractivity contribution in [3.8, 4) is 0 Å². The van der Waals surface area contributed by atoms with Crippen molar-refractivity contribution in [3.63, 3.8) is 0 Å². The van der Waals surface area contributed by atoms with E-state index < -0.39 is 0 Å². The van der Waals surface area contributed by atoms with Crippen molar-refractivity contribution in [2.75, 3.05) is 0 Å². The van der Waals surface area contributed by atoms with Gasteiger partial charge in [0.1, 0.15) is 0 Å². The highest BCUT2D eigenvalue weighted by atomic mass is 31.0. The maximum atomic E-state index is 4.08. The average Bonchev–Trinajstić information content (AvgIpc) is 2.63. The summed E-state index contributed by atoms with van der Waals surface area (Å²) in [4.78, 5) is 0. The minimum absolute atomic E-state index is 1.21. The first kappa shape index (κ1) is 25.2. The van der Waals surface area contributed by atoms with Crippen molar-refractivity contribution < 1.29 is 0 Å². The first-order chi connectivity index (χ1) is 12.4. The van der Waals surface area contributed by atoms with Crippen LogP contribution < -0.4 is 0 Å². The predicted molar refractivity (Wildman–Crippen MR) is 119 cm³/mol. The van der Waals surface area contributed by atoms with Crippen LogP contribution in [0.3, 0.4) is 0 Å². The fourth-order valence-corrected chi connectivity index (χ4v) is 3.74. The van der Waals surface area contributed by atoms with Crippen LogP contribution in [0.15, 0.2) is 11.9 Å². The molecule has 0 atom stereocenters. The molecule has 0 bridgehead atoms. The van der Waals surface area contributed by atoms with Gasteiger partial charge in [0.25, 0.3) is 0 Å². The second-order valence-corrected chi connectivity index (χ2v) is 8.19. The zero-order chi connectivity index (χ0) is 18.3. The number of hydrogen-bond donors (Lipinski definition) is 0. The summed E-state index contributed by atoms with van der Waals surface area (Å²) >= 11 is 0. The molecule has 0 saturated carbocycles. The second kappa shape index (κ2) is 24.2. The molecule has 0 fully saturated rings. The molecule has 0 aliphatic rings. The van der Waals surface area contributed by atoms with Gasteiger partial charge in [-0.1, -0.05) is 141 Å². The van der Waals surface area contributed by atoms with Crippen LogP contribution in [0.5, 0.6) is 0 Å². The van der Waals surface area contributed by atoms with Crippen LogP contribution in [0.25, 0.3) is 0 Å². The molecule has 0 aromatic carbocycles. The molecule has 0 nitrogen and oxygen atoms in total. The first-order valence-electron chi connectivity index (χ1n) is 11.7. The second-order valence-electron chi connectivity index (χ2n) is 7.89. The van der Waals surface area contributed by atoms with Gasteiger partial charge in [0, 0.05) is 0 Å². The fraction of sp³-hybridized carbons (Fsp3) is 0.917. The van der Waals surface area contributed by atoms with Gasteiger partial charge in [-0.15, -0.1) is 0 Å². The predicted octanol–water partition coefficient (Wildman–Crippen LogP) is 10.1. The SMILES string of the molecule is CCCCCCCCCCCCCCCCCCCCCC/C=C/[P]. The highest BCUT2D eigenvalue weighted by Crippen LogP contribution is 2.15. The quantitative estimate of drug-likeness (QED) is 0.140. The Morgan fingerprint density at radius 2 is 0.720 bits per heavy atom. The van der Waals surface area contributed by atoms with Gasteiger partial charge in [-0.3, -0.25) is 0 Å². The summed E-state index contributed by atoms with van der Waals surface area (Å²) in [7, 11) is 4.08. The molecule has 0 aliphatic heterocycles.